The summed E-state index contributed by atoms with van der Waals surface area (Å²) in [5.74, 6) is 1.42. The number of aromatic nitrogens is 2. The SMILES string of the molecule is COCCN[C@H]1CC[C@H](Nc2cc(-c3cc(NCC4CCOCC4)cnc3Cl)c(Cl)cn2)CC1. The first kappa shape index (κ1) is 25.5. The van der Waals surface area contributed by atoms with Crippen LogP contribution < -0.4 is 16.0 Å². The van der Waals surface area contributed by atoms with E-state index in [-0.39, 0.29) is 0 Å². The Bertz CT molecular complexity index is 918. The van der Waals surface area contributed by atoms with Gasteiger partial charge in [-0.2, -0.15) is 0 Å². The summed E-state index contributed by atoms with van der Waals surface area (Å²) in [7, 11) is 1.74. The third-order valence-corrected chi connectivity index (χ3v) is 7.34. The summed E-state index contributed by atoms with van der Waals surface area (Å²) in [6, 6.07) is 4.96. The molecular weight excluding hydrogens is 473 g/mol. The number of pyridine rings is 2. The first-order chi connectivity index (χ1) is 16.6. The van der Waals surface area contributed by atoms with Crippen LogP contribution in [0.2, 0.25) is 10.2 Å². The molecule has 186 valence electrons. The fourth-order valence-corrected chi connectivity index (χ4v) is 5.10. The zero-order valence-electron chi connectivity index (χ0n) is 19.8. The molecule has 3 heterocycles. The summed E-state index contributed by atoms with van der Waals surface area (Å²) in [4.78, 5) is 8.93. The van der Waals surface area contributed by atoms with E-state index in [4.69, 9.17) is 32.7 Å². The minimum absolute atomic E-state index is 0.392. The Balaban J connectivity index is 1.39. The normalized spacial score (nSPS) is 21.4. The number of halogens is 2. The second-order valence-electron chi connectivity index (χ2n) is 9.19. The smallest absolute Gasteiger partial charge is 0.137 e. The van der Waals surface area contributed by atoms with Crippen molar-refractivity contribution < 1.29 is 9.47 Å². The minimum atomic E-state index is 0.392. The number of hydrogen-bond acceptors (Lipinski definition) is 7. The van der Waals surface area contributed by atoms with Crippen LogP contribution in [0.4, 0.5) is 11.5 Å². The van der Waals surface area contributed by atoms with E-state index in [2.05, 4.69) is 25.9 Å². The van der Waals surface area contributed by atoms with Crippen molar-refractivity contribution in [3.63, 3.8) is 0 Å². The van der Waals surface area contributed by atoms with E-state index in [1.54, 1.807) is 19.5 Å². The molecule has 0 unspecified atom stereocenters. The standard InChI is InChI=1S/C25H35Cl2N5O2/c1-33-11-8-28-18-2-4-19(5-3-18)32-24-13-21(23(26)16-30-24)22-12-20(15-31-25(22)27)29-14-17-6-9-34-10-7-17/h12-13,15-19,28-29H,2-11,14H2,1H3,(H,30,32)/t18-,19-. The molecule has 1 aliphatic carbocycles. The lowest BCUT2D eigenvalue weighted by Gasteiger charge is -2.30. The molecule has 0 aromatic carbocycles. The maximum Gasteiger partial charge on any atom is 0.137 e. The molecule has 9 heteroatoms. The highest BCUT2D eigenvalue weighted by Gasteiger charge is 2.21. The van der Waals surface area contributed by atoms with E-state index in [0.717, 1.165) is 94.1 Å². The first-order valence-electron chi connectivity index (χ1n) is 12.2. The van der Waals surface area contributed by atoms with E-state index in [1.807, 2.05) is 12.1 Å². The van der Waals surface area contributed by atoms with Crippen molar-refractivity contribution >= 4 is 34.7 Å². The van der Waals surface area contributed by atoms with Crippen LogP contribution in [0.15, 0.2) is 24.5 Å². The van der Waals surface area contributed by atoms with Crippen molar-refractivity contribution in [3.8, 4) is 11.1 Å². The number of hydrogen-bond donors (Lipinski definition) is 3. The van der Waals surface area contributed by atoms with E-state index < -0.39 is 0 Å². The maximum atomic E-state index is 6.55. The Morgan fingerprint density at radius 3 is 2.50 bits per heavy atom. The first-order valence-corrected chi connectivity index (χ1v) is 13.0. The van der Waals surface area contributed by atoms with Crippen molar-refractivity contribution in [1.82, 2.24) is 15.3 Å². The monoisotopic (exact) mass is 507 g/mol. The second-order valence-corrected chi connectivity index (χ2v) is 9.95. The van der Waals surface area contributed by atoms with Gasteiger partial charge in [-0.25, -0.2) is 9.97 Å². The fourth-order valence-electron chi connectivity index (χ4n) is 4.69. The van der Waals surface area contributed by atoms with Gasteiger partial charge in [0.25, 0.3) is 0 Å². The Kier molecular flexibility index (Phi) is 9.65. The quantitative estimate of drug-likeness (QED) is 0.299. The Hall–Kier alpha value is -1.64. The zero-order valence-corrected chi connectivity index (χ0v) is 21.3. The number of rotatable bonds is 10. The van der Waals surface area contributed by atoms with Gasteiger partial charge in [0, 0.05) is 62.8 Å². The van der Waals surface area contributed by atoms with Gasteiger partial charge in [-0.05, 0) is 56.6 Å². The van der Waals surface area contributed by atoms with Crippen LogP contribution in [0.25, 0.3) is 11.1 Å². The summed E-state index contributed by atoms with van der Waals surface area (Å²) in [6.45, 7) is 4.22. The Morgan fingerprint density at radius 2 is 1.74 bits per heavy atom. The van der Waals surface area contributed by atoms with Gasteiger partial charge in [0.15, 0.2) is 0 Å². The molecule has 2 aromatic rings. The fraction of sp³-hybridized carbons (Fsp3) is 0.600. The molecule has 4 rings (SSSR count). The lowest BCUT2D eigenvalue weighted by Crippen LogP contribution is -2.38. The predicted molar refractivity (Wildman–Crippen MR) is 139 cm³/mol. The maximum absolute atomic E-state index is 6.55. The van der Waals surface area contributed by atoms with Gasteiger partial charge >= 0.3 is 0 Å². The molecular formula is C25H35Cl2N5O2. The second kappa shape index (κ2) is 12.9. The Labute approximate surface area is 212 Å². The van der Waals surface area contributed by atoms with Crippen molar-refractivity contribution in [2.75, 3.05) is 50.7 Å². The van der Waals surface area contributed by atoms with Crippen molar-refractivity contribution in [1.29, 1.82) is 0 Å². The Morgan fingerprint density at radius 1 is 0.971 bits per heavy atom. The summed E-state index contributed by atoms with van der Waals surface area (Å²) >= 11 is 13.0. The van der Waals surface area contributed by atoms with Crippen molar-refractivity contribution in [2.24, 2.45) is 5.92 Å². The van der Waals surface area contributed by atoms with Crippen LogP contribution in [0.3, 0.4) is 0 Å². The molecule has 1 saturated heterocycles. The highest BCUT2D eigenvalue weighted by Crippen LogP contribution is 2.35. The molecule has 3 N–H and O–H groups in total. The molecule has 0 atom stereocenters. The van der Waals surface area contributed by atoms with Crippen LogP contribution in [0.1, 0.15) is 38.5 Å². The van der Waals surface area contributed by atoms with Crippen LogP contribution >= 0.6 is 23.2 Å². The van der Waals surface area contributed by atoms with Crippen LogP contribution in [-0.4, -0.2) is 62.1 Å². The average Bonchev–Trinajstić information content (AvgIpc) is 2.87. The number of nitrogens with zero attached hydrogens (tertiary/aromatic N) is 2. The molecule has 1 aliphatic heterocycles. The summed E-state index contributed by atoms with van der Waals surface area (Å²) in [6.07, 6.45) is 10.1. The topological polar surface area (TPSA) is 80.3 Å². The highest BCUT2D eigenvalue weighted by atomic mass is 35.5. The van der Waals surface area contributed by atoms with Gasteiger partial charge in [0.1, 0.15) is 11.0 Å². The number of nitrogens with one attached hydrogen (secondary N) is 3. The van der Waals surface area contributed by atoms with E-state index in [0.29, 0.717) is 28.2 Å². The van der Waals surface area contributed by atoms with Gasteiger partial charge in [-0.15, -0.1) is 0 Å². The molecule has 0 radical (unpaired) electrons. The summed E-state index contributed by atoms with van der Waals surface area (Å²) in [5.41, 5.74) is 2.58. The van der Waals surface area contributed by atoms with Gasteiger partial charge in [-0.3, -0.25) is 0 Å². The van der Waals surface area contributed by atoms with Crippen molar-refractivity contribution in [3.05, 3.63) is 34.7 Å². The minimum Gasteiger partial charge on any atom is -0.384 e. The third-order valence-electron chi connectivity index (χ3n) is 6.74. The van der Waals surface area contributed by atoms with Crippen LogP contribution in [-0.2, 0) is 9.47 Å². The zero-order chi connectivity index (χ0) is 23.8. The van der Waals surface area contributed by atoms with Gasteiger partial charge in [0.05, 0.1) is 23.5 Å². The molecule has 34 heavy (non-hydrogen) atoms. The van der Waals surface area contributed by atoms with E-state index >= 15 is 0 Å². The summed E-state index contributed by atoms with van der Waals surface area (Å²) < 4.78 is 10.6. The van der Waals surface area contributed by atoms with E-state index in [1.165, 1.54) is 0 Å². The summed E-state index contributed by atoms with van der Waals surface area (Å²) in [5, 5.41) is 11.7. The van der Waals surface area contributed by atoms with Gasteiger partial charge in [-0.1, -0.05) is 23.2 Å². The van der Waals surface area contributed by atoms with E-state index in [9.17, 15) is 0 Å². The van der Waals surface area contributed by atoms with Crippen LogP contribution in [0.5, 0.6) is 0 Å². The molecule has 0 bridgehead atoms. The molecule has 2 aliphatic rings. The molecule has 1 saturated carbocycles. The molecule has 0 spiro atoms. The molecule has 0 amide bonds. The largest absolute Gasteiger partial charge is 0.384 e. The van der Waals surface area contributed by atoms with Gasteiger partial charge in [0.2, 0.25) is 0 Å². The van der Waals surface area contributed by atoms with Crippen molar-refractivity contribution in [2.45, 2.75) is 50.6 Å². The third kappa shape index (κ3) is 7.18. The highest BCUT2D eigenvalue weighted by molar-refractivity contribution is 6.36. The lowest BCUT2D eigenvalue weighted by atomic mass is 9.91. The van der Waals surface area contributed by atoms with Gasteiger partial charge < -0.3 is 25.4 Å². The number of methoxy groups -OCH3 is 1. The molecule has 2 fully saturated rings. The lowest BCUT2D eigenvalue weighted by molar-refractivity contribution is 0.0699. The predicted octanol–water partition coefficient (Wildman–Crippen LogP) is 5.25. The molecule has 7 nitrogen and oxygen atoms in total. The molecule has 2 aromatic heterocycles. The van der Waals surface area contributed by atoms with Crippen LogP contribution in [0, 0.1) is 5.92 Å². The number of anilines is 2. The number of ether oxygens (including phenoxy) is 2. The average molecular weight is 508 g/mol.